The van der Waals surface area contributed by atoms with Gasteiger partial charge in [-0.25, -0.2) is 8.42 Å². The number of hydrogen-bond donors (Lipinski definition) is 0. The van der Waals surface area contributed by atoms with Crippen LogP contribution in [0.5, 0.6) is 0 Å². The molecule has 0 aliphatic carbocycles. The van der Waals surface area contributed by atoms with Crippen LogP contribution < -0.4 is 0 Å². The van der Waals surface area contributed by atoms with Crippen LogP contribution in [-0.4, -0.2) is 48.7 Å². The van der Waals surface area contributed by atoms with Crippen molar-refractivity contribution >= 4 is 26.6 Å². The molecule has 0 N–H and O–H groups in total. The molecule has 0 heterocycles. The van der Waals surface area contributed by atoms with E-state index in [2.05, 4.69) is 0 Å². The van der Waals surface area contributed by atoms with E-state index >= 15 is 0 Å². The number of carbonyl (C=O) groups is 1. The molecule has 0 aliphatic rings. The van der Waals surface area contributed by atoms with Crippen LogP contribution in [0.25, 0.3) is 0 Å². The molecule has 0 spiro atoms. The van der Waals surface area contributed by atoms with Gasteiger partial charge in [0, 0.05) is 35.0 Å². The minimum Gasteiger partial charge on any atom is -0.466 e. The Hall–Kier alpha value is -0.430. The van der Waals surface area contributed by atoms with Crippen molar-refractivity contribution in [3.8, 4) is 0 Å². The lowest BCUT2D eigenvalue weighted by Gasteiger charge is -2.03. The molecule has 0 fully saturated rings. The average molecular weight is 298 g/mol. The molecule has 0 amide bonds. The van der Waals surface area contributed by atoms with Gasteiger partial charge < -0.3 is 4.74 Å². The first-order valence-corrected chi connectivity index (χ1v) is 9.58. The summed E-state index contributed by atoms with van der Waals surface area (Å²) in [4.78, 5) is 11.0. The molecule has 1 atom stereocenters. The fraction of sp³-hybridized carbons (Fsp3) is 0.909. The van der Waals surface area contributed by atoms with Gasteiger partial charge in [0.2, 0.25) is 0 Å². The Labute approximate surface area is 112 Å². The Balaban J connectivity index is 3.49. The molecular weight excluding hydrogens is 276 g/mol. The SMILES string of the molecule is CCOC(=O)CCCCCS(=O)CCS(C)(=O)=O. The van der Waals surface area contributed by atoms with Crippen LogP contribution in [-0.2, 0) is 30.2 Å². The zero-order valence-corrected chi connectivity index (χ0v) is 12.6. The number of unbranched alkanes of at least 4 members (excludes halogenated alkanes) is 2. The summed E-state index contributed by atoms with van der Waals surface area (Å²) in [5.41, 5.74) is 0. The third-order valence-corrected chi connectivity index (χ3v) is 4.85. The molecule has 18 heavy (non-hydrogen) atoms. The number of sulfone groups is 1. The van der Waals surface area contributed by atoms with Crippen LogP contribution >= 0.6 is 0 Å². The highest BCUT2D eigenvalue weighted by atomic mass is 32.2. The van der Waals surface area contributed by atoms with Crippen LogP contribution in [0.3, 0.4) is 0 Å². The summed E-state index contributed by atoms with van der Waals surface area (Å²) in [6, 6.07) is 0. The van der Waals surface area contributed by atoms with E-state index in [4.69, 9.17) is 4.74 Å². The third kappa shape index (κ3) is 12.0. The van der Waals surface area contributed by atoms with Gasteiger partial charge in [-0.3, -0.25) is 9.00 Å². The fourth-order valence-corrected chi connectivity index (χ4v) is 3.97. The predicted octanol–water partition coefficient (Wildman–Crippen LogP) is 0.903. The van der Waals surface area contributed by atoms with Gasteiger partial charge >= 0.3 is 5.97 Å². The topological polar surface area (TPSA) is 77.5 Å². The number of carbonyl (C=O) groups excluding carboxylic acids is 1. The number of esters is 1. The third-order valence-electron chi connectivity index (χ3n) is 2.24. The van der Waals surface area contributed by atoms with Crippen molar-refractivity contribution in [2.24, 2.45) is 0 Å². The molecule has 7 heteroatoms. The van der Waals surface area contributed by atoms with Crippen molar-refractivity contribution < 1.29 is 22.2 Å². The second kappa shape index (κ2) is 9.49. The molecule has 5 nitrogen and oxygen atoms in total. The summed E-state index contributed by atoms with van der Waals surface area (Å²) in [5, 5.41) is 0. The van der Waals surface area contributed by atoms with Crippen LogP contribution in [0.15, 0.2) is 0 Å². The van der Waals surface area contributed by atoms with Crippen molar-refractivity contribution in [3.63, 3.8) is 0 Å². The van der Waals surface area contributed by atoms with Gasteiger partial charge in [0.1, 0.15) is 9.84 Å². The van der Waals surface area contributed by atoms with Crippen LogP contribution in [0, 0.1) is 0 Å². The van der Waals surface area contributed by atoms with E-state index < -0.39 is 20.6 Å². The van der Waals surface area contributed by atoms with Gasteiger partial charge in [0.05, 0.1) is 12.4 Å². The second-order valence-corrected chi connectivity index (χ2v) is 8.05. The quantitative estimate of drug-likeness (QED) is 0.442. The smallest absolute Gasteiger partial charge is 0.305 e. The summed E-state index contributed by atoms with van der Waals surface area (Å²) in [6.07, 6.45) is 3.81. The first-order chi connectivity index (χ1) is 8.35. The minimum atomic E-state index is -3.03. The molecule has 0 bridgehead atoms. The molecule has 0 aliphatic heterocycles. The first-order valence-electron chi connectivity index (χ1n) is 6.03. The molecule has 0 radical (unpaired) electrons. The number of ether oxygens (including phenoxy) is 1. The van der Waals surface area contributed by atoms with Crippen molar-refractivity contribution in [2.75, 3.05) is 30.1 Å². The summed E-state index contributed by atoms with van der Waals surface area (Å²) < 4.78 is 37.9. The molecule has 0 saturated carbocycles. The normalized spacial score (nSPS) is 13.2. The Morgan fingerprint density at radius 3 is 2.39 bits per heavy atom. The van der Waals surface area contributed by atoms with Crippen LogP contribution in [0.2, 0.25) is 0 Å². The number of rotatable bonds is 10. The molecule has 0 saturated heterocycles. The molecule has 108 valence electrons. The van der Waals surface area contributed by atoms with E-state index in [1.54, 1.807) is 6.92 Å². The predicted molar refractivity (Wildman–Crippen MR) is 72.7 cm³/mol. The Bertz CT molecular complexity index is 362. The van der Waals surface area contributed by atoms with Gasteiger partial charge in [-0.2, -0.15) is 0 Å². The molecule has 0 aromatic rings. The van der Waals surface area contributed by atoms with E-state index in [1.165, 1.54) is 0 Å². The number of hydrogen-bond acceptors (Lipinski definition) is 5. The van der Waals surface area contributed by atoms with Crippen molar-refractivity contribution in [1.29, 1.82) is 0 Å². The molecular formula is C11H22O5S2. The lowest BCUT2D eigenvalue weighted by atomic mass is 10.2. The molecule has 1 unspecified atom stereocenters. The van der Waals surface area contributed by atoms with Gasteiger partial charge in [-0.1, -0.05) is 6.42 Å². The molecule has 0 aromatic carbocycles. The lowest BCUT2D eigenvalue weighted by molar-refractivity contribution is -0.143. The minimum absolute atomic E-state index is 0.0254. The lowest BCUT2D eigenvalue weighted by Crippen LogP contribution is -2.13. The van der Waals surface area contributed by atoms with E-state index in [0.29, 0.717) is 18.8 Å². The highest BCUT2D eigenvalue weighted by Crippen LogP contribution is 2.03. The Morgan fingerprint density at radius 1 is 1.17 bits per heavy atom. The molecule has 0 aromatic heterocycles. The van der Waals surface area contributed by atoms with Gasteiger partial charge in [0.25, 0.3) is 0 Å². The Morgan fingerprint density at radius 2 is 1.83 bits per heavy atom. The van der Waals surface area contributed by atoms with E-state index in [9.17, 15) is 17.4 Å². The van der Waals surface area contributed by atoms with Crippen LogP contribution in [0.4, 0.5) is 0 Å². The highest BCUT2D eigenvalue weighted by Gasteiger charge is 2.07. The van der Waals surface area contributed by atoms with Crippen molar-refractivity contribution in [3.05, 3.63) is 0 Å². The van der Waals surface area contributed by atoms with Gasteiger partial charge in [-0.05, 0) is 19.8 Å². The highest BCUT2D eigenvalue weighted by molar-refractivity contribution is 7.92. The Kier molecular flexibility index (Phi) is 9.27. The summed E-state index contributed by atoms with van der Waals surface area (Å²) in [5.74, 6) is 0.480. The summed E-state index contributed by atoms with van der Waals surface area (Å²) in [6.45, 7) is 2.16. The molecule has 0 rings (SSSR count). The maximum Gasteiger partial charge on any atom is 0.305 e. The summed E-state index contributed by atoms with van der Waals surface area (Å²) in [7, 11) is -4.11. The second-order valence-electron chi connectivity index (χ2n) is 4.09. The van der Waals surface area contributed by atoms with E-state index in [0.717, 1.165) is 25.5 Å². The standard InChI is InChI=1S/C11H22O5S2/c1-3-16-11(12)7-5-4-6-8-17(13)9-10-18(2,14)15/h3-10H2,1-2H3. The summed E-state index contributed by atoms with van der Waals surface area (Å²) >= 11 is 0. The fourth-order valence-electron chi connectivity index (χ4n) is 1.29. The average Bonchev–Trinajstić information content (AvgIpc) is 2.25. The van der Waals surface area contributed by atoms with Crippen molar-refractivity contribution in [2.45, 2.75) is 32.6 Å². The zero-order chi connectivity index (χ0) is 14.0. The van der Waals surface area contributed by atoms with E-state index in [-0.39, 0.29) is 17.5 Å². The first kappa shape index (κ1) is 17.6. The maximum absolute atomic E-state index is 11.4. The largest absolute Gasteiger partial charge is 0.466 e. The maximum atomic E-state index is 11.4. The monoisotopic (exact) mass is 298 g/mol. The zero-order valence-electron chi connectivity index (χ0n) is 11.0. The van der Waals surface area contributed by atoms with E-state index in [1.807, 2.05) is 0 Å². The van der Waals surface area contributed by atoms with Gasteiger partial charge in [0.15, 0.2) is 0 Å². The van der Waals surface area contributed by atoms with Gasteiger partial charge in [-0.15, -0.1) is 0 Å². The van der Waals surface area contributed by atoms with Crippen LogP contribution in [0.1, 0.15) is 32.6 Å². The van der Waals surface area contributed by atoms with Crippen molar-refractivity contribution in [1.82, 2.24) is 0 Å².